The summed E-state index contributed by atoms with van der Waals surface area (Å²) in [5.41, 5.74) is 0.846. The van der Waals surface area contributed by atoms with Gasteiger partial charge in [0.05, 0.1) is 5.92 Å². The summed E-state index contributed by atoms with van der Waals surface area (Å²) in [4.78, 5) is 27.5. The van der Waals surface area contributed by atoms with E-state index in [4.69, 9.17) is 16.3 Å². The lowest BCUT2D eigenvalue weighted by Crippen LogP contribution is -2.21. The summed E-state index contributed by atoms with van der Waals surface area (Å²) in [6, 6.07) is 7.61. The van der Waals surface area contributed by atoms with E-state index in [1.165, 1.54) is 30.5 Å². The van der Waals surface area contributed by atoms with E-state index in [9.17, 15) is 24.9 Å². The molecule has 7 nitrogen and oxygen atoms in total. The summed E-state index contributed by atoms with van der Waals surface area (Å²) in [6.45, 7) is 3.28. The van der Waals surface area contributed by atoms with Crippen molar-refractivity contribution in [2.75, 3.05) is 0 Å². The predicted molar refractivity (Wildman–Crippen MR) is 104 cm³/mol. The molecule has 0 aliphatic carbocycles. The second kappa shape index (κ2) is 9.23. The number of halogens is 1. The van der Waals surface area contributed by atoms with Crippen LogP contribution in [0.4, 0.5) is 0 Å². The van der Waals surface area contributed by atoms with Crippen molar-refractivity contribution in [3.05, 3.63) is 52.5 Å². The normalized spacial score (nSPS) is 12.3. The highest BCUT2D eigenvalue weighted by Gasteiger charge is 2.19. The maximum Gasteiger partial charge on any atom is 0.328 e. The minimum Gasteiger partial charge on any atom is -0.508 e. The number of carboxylic acid groups (broad SMARTS) is 1. The Balaban J connectivity index is 2.31. The first-order valence-corrected chi connectivity index (χ1v) is 8.83. The van der Waals surface area contributed by atoms with E-state index < -0.39 is 23.9 Å². The molecular weight excluding hydrogens is 386 g/mol. The molecule has 0 aromatic heterocycles. The number of carbonyl (C=O) groups excluding carboxylic acids is 1. The number of phenolic OH excluding ortho intramolecular Hbond substituents is 2. The van der Waals surface area contributed by atoms with Gasteiger partial charge in [0.15, 0.2) is 17.5 Å². The molecule has 2 aromatic carbocycles. The van der Waals surface area contributed by atoms with Crippen LogP contribution in [-0.4, -0.2) is 39.5 Å². The second-order valence-corrected chi connectivity index (χ2v) is 6.86. The molecule has 3 N–H and O–H groups in total. The van der Waals surface area contributed by atoms with Crippen molar-refractivity contribution in [1.82, 2.24) is 0 Å². The molecule has 0 amide bonds. The van der Waals surface area contributed by atoms with Crippen LogP contribution >= 0.6 is 11.6 Å². The zero-order chi connectivity index (χ0) is 20.8. The van der Waals surface area contributed by atoms with Gasteiger partial charge in [-0.2, -0.15) is 0 Å². The molecule has 1 unspecified atom stereocenters. The Morgan fingerprint density at radius 1 is 1.18 bits per heavy atom. The maximum absolute atomic E-state index is 11.9. The van der Waals surface area contributed by atoms with Crippen molar-refractivity contribution < 1.29 is 29.6 Å². The summed E-state index contributed by atoms with van der Waals surface area (Å²) < 4.78 is 5.20. The minimum absolute atomic E-state index is 0.0742. The van der Waals surface area contributed by atoms with Crippen molar-refractivity contribution in [2.45, 2.75) is 26.3 Å². The lowest BCUT2D eigenvalue weighted by molar-refractivity contribution is -0.139. The van der Waals surface area contributed by atoms with Gasteiger partial charge < -0.3 is 20.1 Å². The van der Waals surface area contributed by atoms with Crippen LogP contribution in [0.3, 0.4) is 0 Å². The first-order valence-electron chi connectivity index (χ1n) is 8.45. The fourth-order valence-corrected chi connectivity index (χ4v) is 2.48. The third-order valence-electron chi connectivity index (χ3n) is 3.78. The third-order valence-corrected chi connectivity index (χ3v) is 4.00. The third kappa shape index (κ3) is 5.72. The standard InChI is InChI=1S/C20H20ClNO6/c1-11(2)20(27)28-18-13(8-14(21)9-17(18)24)10-22-16(19(25)26)7-12-3-5-15(23)6-4-12/h3-6,8-11,16,23-24H,7H2,1-2H3,(H,25,26). The van der Waals surface area contributed by atoms with Gasteiger partial charge in [-0.05, 0) is 23.8 Å². The maximum atomic E-state index is 11.9. The zero-order valence-corrected chi connectivity index (χ0v) is 16.1. The van der Waals surface area contributed by atoms with Crippen molar-refractivity contribution >= 4 is 29.8 Å². The molecule has 0 bridgehead atoms. The van der Waals surface area contributed by atoms with E-state index in [0.29, 0.717) is 5.56 Å². The van der Waals surface area contributed by atoms with Crippen molar-refractivity contribution in [2.24, 2.45) is 10.9 Å². The summed E-state index contributed by atoms with van der Waals surface area (Å²) in [7, 11) is 0. The number of phenols is 2. The van der Waals surface area contributed by atoms with E-state index in [2.05, 4.69) is 4.99 Å². The van der Waals surface area contributed by atoms with Gasteiger partial charge in [-0.1, -0.05) is 37.6 Å². The van der Waals surface area contributed by atoms with E-state index >= 15 is 0 Å². The number of carboxylic acids is 1. The fraction of sp³-hybridized carbons (Fsp3) is 0.250. The molecule has 0 aliphatic rings. The Hall–Kier alpha value is -3.06. The van der Waals surface area contributed by atoms with Crippen molar-refractivity contribution in [1.29, 1.82) is 0 Å². The highest BCUT2D eigenvalue weighted by Crippen LogP contribution is 2.33. The number of aliphatic carboxylic acids is 1. The molecule has 148 valence electrons. The lowest BCUT2D eigenvalue weighted by Gasteiger charge is -2.12. The van der Waals surface area contributed by atoms with Gasteiger partial charge in [-0.15, -0.1) is 0 Å². The fourth-order valence-electron chi connectivity index (χ4n) is 2.25. The molecule has 1 atom stereocenters. The summed E-state index contributed by atoms with van der Waals surface area (Å²) in [6.07, 6.45) is 1.29. The highest BCUT2D eigenvalue weighted by molar-refractivity contribution is 6.31. The average molecular weight is 406 g/mol. The van der Waals surface area contributed by atoms with Crippen molar-refractivity contribution in [3.8, 4) is 17.2 Å². The van der Waals surface area contributed by atoms with Crippen LogP contribution in [0.2, 0.25) is 5.02 Å². The number of aliphatic imine (C=N–C) groups is 1. The van der Waals surface area contributed by atoms with Gasteiger partial charge >= 0.3 is 11.9 Å². The van der Waals surface area contributed by atoms with Crippen LogP contribution < -0.4 is 4.74 Å². The number of hydrogen-bond donors (Lipinski definition) is 3. The quantitative estimate of drug-likeness (QED) is 0.369. The van der Waals surface area contributed by atoms with Gasteiger partial charge in [-0.3, -0.25) is 9.79 Å². The highest BCUT2D eigenvalue weighted by atomic mass is 35.5. The molecule has 0 spiro atoms. The first-order chi connectivity index (χ1) is 13.2. The number of ether oxygens (including phenoxy) is 1. The molecule has 0 radical (unpaired) electrons. The van der Waals surface area contributed by atoms with Crippen LogP contribution in [-0.2, 0) is 16.0 Å². The van der Waals surface area contributed by atoms with Crippen LogP contribution in [0.1, 0.15) is 25.0 Å². The second-order valence-electron chi connectivity index (χ2n) is 6.42. The van der Waals surface area contributed by atoms with Gasteiger partial charge in [-0.25, -0.2) is 4.79 Å². The molecule has 28 heavy (non-hydrogen) atoms. The Bertz CT molecular complexity index is 892. The van der Waals surface area contributed by atoms with Crippen LogP contribution in [0.15, 0.2) is 41.4 Å². The predicted octanol–water partition coefficient (Wildman–Crippen LogP) is 3.43. The molecular formula is C20H20ClNO6. The topological polar surface area (TPSA) is 116 Å². The first kappa shape index (κ1) is 21.2. The summed E-state index contributed by atoms with van der Waals surface area (Å²) in [5, 5.41) is 29.0. The summed E-state index contributed by atoms with van der Waals surface area (Å²) in [5.74, 6) is -2.57. The number of rotatable bonds is 7. The lowest BCUT2D eigenvalue weighted by atomic mass is 10.1. The summed E-state index contributed by atoms with van der Waals surface area (Å²) >= 11 is 5.94. The number of esters is 1. The number of aromatic hydroxyl groups is 2. The molecule has 2 rings (SSSR count). The smallest absolute Gasteiger partial charge is 0.328 e. The average Bonchev–Trinajstić information content (AvgIpc) is 2.62. The number of benzene rings is 2. The Morgan fingerprint density at radius 3 is 2.39 bits per heavy atom. The number of carbonyl (C=O) groups is 2. The Morgan fingerprint density at radius 2 is 1.82 bits per heavy atom. The van der Waals surface area contributed by atoms with E-state index in [1.54, 1.807) is 26.0 Å². The molecule has 0 heterocycles. The van der Waals surface area contributed by atoms with E-state index in [1.807, 2.05) is 0 Å². The molecule has 0 fully saturated rings. The van der Waals surface area contributed by atoms with Crippen LogP contribution in [0.25, 0.3) is 0 Å². The molecule has 8 heteroatoms. The molecule has 0 aliphatic heterocycles. The zero-order valence-electron chi connectivity index (χ0n) is 15.3. The SMILES string of the molecule is CC(C)C(=O)Oc1c(O)cc(Cl)cc1C=NC(Cc1ccc(O)cc1)C(=O)O. The molecule has 2 aromatic rings. The Labute approximate surface area is 166 Å². The number of nitrogens with zero attached hydrogens (tertiary/aromatic N) is 1. The van der Waals surface area contributed by atoms with Gasteiger partial charge in [0.1, 0.15) is 5.75 Å². The Kier molecular flexibility index (Phi) is 7.00. The molecule has 0 saturated heterocycles. The van der Waals surface area contributed by atoms with Gasteiger partial charge in [0.2, 0.25) is 0 Å². The van der Waals surface area contributed by atoms with Crippen LogP contribution in [0, 0.1) is 5.92 Å². The van der Waals surface area contributed by atoms with E-state index in [0.717, 1.165) is 0 Å². The monoisotopic (exact) mass is 405 g/mol. The van der Waals surface area contributed by atoms with Gasteiger partial charge in [0, 0.05) is 29.3 Å². The van der Waals surface area contributed by atoms with Gasteiger partial charge in [0.25, 0.3) is 0 Å². The van der Waals surface area contributed by atoms with Crippen molar-refractivity contribution in [3.63, 3.8) is 0 Å². The largest absolute Gasteiger partial charge is 0.508 e. The van der Waals surface area contributed by atoms with Crippen LogP contribution in [0.5, 0.6) is 17.2 Å². The molecule has 0 saturated carbocycles. The number of hydrogen-bond acceptors (Lipinski definition) is 6. The minimum atomic E-state index is -1.16. The van der Waals surface area contributed by atoms with E-state index in [-0.39, 0.29) is 34.3 Å².